The van der Waals surface area contributed by atoms with Gasteiger partial charge in [-0.05, 0) is 6.92 Å². The standard InChI is InChI=1S/C11H13ClN2O5/c1-6(15)5-13(2)10-8(11(16)17)3-7(14(18)19)4-9(10)12/h3-4,6,15H,5H2,1-2H3,(H,16,17). The molecule has 0 spiro atoms. The summed E-state index contributed by atoms with van der Waals surface area (Å²) < 4.78 is 0. The second-order valence-electron chi connectivity index (χ2n) is 4.12. The first-order chi connectivity index (χ1) is 8.73. The number of benzene rings is 1. The van der Waals surface area contributed by atoms with Crippen LogP contribution in [0.1, 0.15) is 17.3 Å². The average Bonchev–Trinajstić information content (AvgIpc) is 2.26. The summed E-state index contributed by atoms with van der Waals surface area (Å²) in [6.07, 6.45) is -0.696. The summed E-state index contributed by atoms with van der Waals surface area (Å²) in [6.45, 7) is 1.69. The van der Waals surface area contributed by atoms with Crippen LogP contribution in [0.15, 0.2) is 12.1 Å². The van der Waals surface area contributed by atoms with Gasteiger partial charge in [-0.25, -0.2) is 4.79 Å². The van der Waals surface area contributed by atoms with Crippen LogP contribution in [0.4, 0.5) is 11.4 Å². The van der Waals surface area contributed by atoms with Crippen molar-refractivity contribution in [1.82, 2.24) is 0 Å². The molecule has 0 aliphatic rings. The summed E-state index contributed by atoms with van der Waals surface area (Å²) in [5.74, 6) is -1.32. The number of aromatic carboxylic acids is 1. The maximum atomic E-state index is 11.2. The van der Waals surface area contributed by atoms with Crippen LogP contribution in [-0.4, -0.2) is 40.8 Å². The molecule has 0 heterocycles. The van der Waals surface area contributed by atoms with Crippen molar-refractivity contribution in [3.63, 3.8) is 0 Å². The lowest BCUT2D eigenvalue weighted by atomic mass is 10.1. The Hall–Kier alpha value is -1.86. The third-order valence-electron chi connectivity index (χ3n) is 2.41. The minimum atomic E-state index is -1.32. The van der Waals surface area contributed by atoms with Crippen LogP contribution < -0.4 is 4.90 Å². The second kappa shape index (κ2) is 5.85. The van der Waals surface area contributed by atoms with E-state index in [1.54, 1.807) is 7.05 Å². The molecule has 7 nitrogen and oxygen atoms in total. The minimum absolute atomic E-state index is 0.0465. The molecule has 0 saturated carbocycles. The van der Waals surface area contributed by atoms with E-state index < -0.39 is 22.7 Å². The van der Waals surface area contributed by atoms with Gasteiger partial charge in [0.05, 0.1) is 27.3 Å². The number of carboxylic acid groups (broad SMARTS) is 1. The van der Waals surface area contributed by atoms with Gasteiger partial charge in [0, 0.05) is 25.7 Å². The number of anilines is 1. The minimum Gasteiger partial charge on any atom is -0.478 e. The van der Waals surface area contributed by atoms with Crippen molar-refractivity contribution < 1.29 is 19.9 Å². The molecular formula is C11H13ClN2O5. The largest absolute Gasteiger partial charge is 0.478 e. The molecule has 0 saturated heterocycles. The summed E-state index contributed by atoms with van der Waals surface area (Å²) in [4.78, 5) is 22.6. The molecule has 1 atom stereocenters. The molecule has 8 heteroatoms. The van der Waals surface area contributed by atoms with Gasteiger partial charge in [0.1, 0.15) is 0 Å². The number of non-ortho nitro benzene ring substituents is 1. The maximum Gasteiger partial charge on any atom is 0.338 e. The Labute approximate surface area is 114 Å². The molecule has 1 aromatic carbocycles. The second-order valence-corrected chi connectivity index (χ2v) is 4.52. The number of hydrogen-bond donors (Lipinski definition) is 2. The number of nitro groups is 1. The van der Waals surface area contributed by atoms with Crippen LogP contribution in [0.5, 0.6) is 0 Å². The number of carboxylic acids is 1. The normalized spacial score (nSPS) is 12.0. The van der Waals surface area contributed by atoms with Crippen LogP contribution in [0.2, 0.25) is 5.02 Å². The van der Waals surface area contributed by atoms with Gasteiger partial charge in [-0.15, -0.1) is 0 Å². The van der Waals surface area contributed by atoms with E-state index in [-0.39, 0.29) is 22.8 Å². The van der Waals surface area contributed by atoms with Gasteiger partial charge < -0.3 is 15.1 Å². The van der Waals surface area contributed by atoms with Crippen molar-refractivity contribution in [2.24, 2.45) is 0 Å². The van der Waals surface area contributed by atoms with Gasteiger partial charge in [0.15, 0.2) is 0 Å². The quantitative estimate of drug-likeness (QED) is 0.632. The molecule has 2 N–H and O–H groups in total. The molecule has 0 amide bonds. The van der Waals surface area contributed by atoms with Crippen molar-refractivity contribution in [3.8, 4) is 0 Å². The lowest BCUT2D eigenvalue weighted by Gasteiger charge is -2.23. The molecule has 1 unspecified atom stereocenters. The fraction of sp³-hybridized carbons (Fsp3) is 0.364. The number of carbonyl (C=O) groups is 1. The lowest BCUT2D eigenvalue weighted by molar-refractivity contribution is -0.384. The van der Waals surface area contributed by atoms with Crippen LogP contribution in [0, 0.1) is 10.1 Å². The number of aliphatic hydroxyl groups is 1. The Balaban J connectivity index is 3.37. The molecule has 1 rings (SSSR count). The summed E-state index contributed by atoms with van der Waals surface area (Å²) in [7, 11) is 1.55. The first-order valence-electron chi connectivity index (χ1n) is 5.34. The Morgan fingerprint density at radius 1 is 1.58 bits per heavy atom. The summed E-state index contributed by atoms with van der Waals surface area (Å²) >= 11 is 5.91. The van der Waals surface area contributed by atoms with Crippen LogP contribution >= 0.6 is 11.6 Å². The number of rotatable bonds is 5. The van der Waals surface area contributed by atoms with Crippen molar-refractivity contribution in [2.75, 3.05) is 18.5 Å². The fourth-order valence-corrected chi connectivity index (χ4v) is 2.09. The van der Waals surface area contributed by atoms with Gasteiger partial charge in [-0.2, -0.15) is 0 Å². The van der Waals surface area contributed by atoms with E-state index >= 15 is 0 Å². The molecule has 0 radical (unpaired) electrons. The molecule has 0 aliphatic carbocycles. The highest BCUT2D eigenvalue weighted by atomic mass is 35.5. The van der Waals surface area contributed by atoms with Gasteiger partial charge >= 0.3 is 5.97 Å². The third-order valence-corrected chi connectivity index (χ3v) is 2.70. The zero-order chi connectivity index (χ0) is 14.7. The SMILES string of the molecule is CC(O)CN(C)c1c(Cl)cc([N+](=O)[O-])cc1C(=O)O. The molecular weight excluding hydrogens is 276 g/mol. The zero-order valence-electron chi connectivity index (χ0n) is 10.3. The predicted octanol–water partition coefficient (Wildman–Crippen LogP) is 1.76. The zero-order valence-corrected chi connectivity index (χ0v) is 11.1. The predicted molar refractivity (Wildman–Crippen MR) is 70.0 cm³/mol. The van der Waals surface area contributed by atoms with E-state index in [1.807, 2.05) is 0 Å². The van der Waals surface area contributed by atoms with Crippen LogP contribution in [0.3, 0.4) is 0 Å². The average molecular weight is 289 g/mol. The lowest BCUT2D eigenvalue weighted by Crippen LogP contribution is -2.28. The fourth-order valence-electron chi connectivity index (χ4n) is 1.73. The van der Waals surface area contributed by atoms with Crippen molar-refractivity contribution >= 4 is 28.9 Å². The number of nitrogens with zero attached hydrogens (tertiary/aromatic N) is 2. The van der Waals surface area contributed by atoms with E-state index in [4.69, 9.17) is 16.7 Å². The molecule has 0 fully saturated rings. The highest BCUT2D eigenvalue weighted by Gasteiger charge is 2.23. The van der Waals surface area contributed by atoms with Gasteiger partial charge in [0.25, 0.3) is 5.69 Å². The topological polar surface area (TPSA) is 104 Å². The van der Waals surface area contributed by atoms with E-state index in [0.29, 0.717) is 0 Å². The van der Waals surface area contributed by atoms with Crippen molar-refractivity contribution in [1.29, 1.82) is 0 Å². The van der Waals surface area contributed by atoms with E-state index in [1.165, 1.54) is 11.8 Å². The first-order valence-corrected chi connectivity index (χ1v) is 5.72. The van der Waals surface area contributed by atoms with Gasteiger partial charge in [0.2, 0.25) is 0 Å². The molecule has 1 aromatic rings. The smallest absolute Gasteiger partial charge is 0.338 e. The molecule has 0 aliphatic heterocycles. The van der Waals surface area contributed by atoms with Crippen molar-refractivity contribution in [2.45, 2.75) is 13.0 Å². The van der Waals surface area contributed by atoms with Crippen LogP contribution in [-0.2, 0) is 0 Å². The first kappa shape index (κ1) is 15.2. The summed E-state index contributed by atoms with van der Waals surface area (Å²) in [6, 6.07) is 2.03. The van der Waals surface area contributed by atoms with Gasteiger partial charge in [-0.3, -0.25) is 10.1 Å². The molecule has 104 valence electrons. The summed E-state index contributed by atoms with van der Waals surface area (Å²) in [5, 5.41) is 29.1. The number of hydrogen-bond acceptors (Lipinski definition) is 5. The number of likely N-dealkylation sites (N-methyl/N-ethyl adjacent to an activating group) is 1. The number of halogens is 1. The maximum absolute atomic E-state index is 11.2. The molecule has 0 bridgehead atoms. The summed E-state index contributed by atoms with van der Waals surface area (Å²) in [5.41, 5.74) is -0.528. The third kappa shape index (κ3) is 3.55. The Bertz CT molecular complexity index is 518. The van der Waals surface area contributed by atoms with Crippen molar-refractivity contribution in [3.05, 3.63) is 32.8 Å². The molecule has 19 heavy (non-hydrogen) atoms. The Morgan fingerprint density at radius 3 is 2.58 bits per heavy atom. The highest BCUT2D eigenvalue weighted by Crippen LogP contribution is 2.33. The molecule has 0 aromatic heterocycles. The van der Waals surface area contributed by atoms with E-state index in [9.17, 15) is 20.0 Å². The highest BCUT2D eigenvalue weighted by molar-refractivity contribution is 6.34. The Kier molecular flexibility index (Phi) is 4.68. The van der Waals surface area contributed by atoms with E-state index in [0.717, 1.165) is 12.1 Å². The number of aliphatic hydroxyl groups excluding tert-OH is 1. The van der Waals surface area contributed by atoms with E-state index in [2.05, 4.69) is 0 Å². The van der Waals surface area contributed by atoms with Gasteiger partial charge in [-0.1, -0.05) is 11.6 Å². The monoisotopic (exact) mass is 288 g/mol. The van der Waals surface area contributed by atoms with Crippen LogP contribution in [0.25, 0.3) is 0 Å². The number of nitro benzene ring substituents is 1. The Morgan fingerprint density at radius 2 is 2.16 bits per heavy atom.